The van der Waals surface area contributed by atoms with Gasteiger partial charge in [0, 0.05) is 11.6 Å². The summed E-state index contributed by atoms with van der Waals surface area (Å²) in [6.45, 7) is 1.87. The van der Waals surface area contributed by atoms with Gasteiger partial charge in [-0.1, -0.05) is 48.5 Å². The van der Waals surface area contributed by atoms with Gasteiger partial charge in [-0.25, -0.2) is 13.1 Å². The second-order valence-corrected chi connectivity index (χ2v) is 8.44. The van der Waals surface area contributed by atoms with Crippen LogP contribution in [0.3, 0.4) is 0 Å². The first-order valence-electron chi connectivity index (χ1n) is 9.19. The van der Waals surface area contributed by atoms with Crippen molar-refractivity contribution in [1.82, 2.24) is 4.72 Å². The summed E-state index contributed by atoms with van der Waals surface area (Å²) < 4.78 is 39.0. The number of carbonyl (C=O) groups excluding carboxylic acids is 1. The van der Waals surface area contributed by atoms with Crippen molar-refractivity contribution in [3.05, 3.63) is 84.1 Å². The molecule has 0 radical (unpaired) electrons. The van der Waals surface area contributed by atoms with Crippen LogP contribution in [0.15, 0.2) is 82.1 Å². The zero-order chi connectivity index (χ0) is 21.3. The first-order chi connectivity index (χ1) is 14.4. The van der Waals surface area contributed by atoms with Crippen LogP contribution in [0.1, 0.15) is 16.1 Å². The van der Waals surface area contributed by atoms with Gasteiger partial charge in [-0.2, -0.15) is 0 Å². The fourth-order valence-corrected chi connectivity index (χ4v) is 4.49. The maximum absolute atomic E-state index is 13.0. The van der Waals surface area contributed by atoms with Crippen LogP contribution in [-0.2, 0) is 10.0 Å². The number of amides is 1. The summed E-state index contributed by atoms with van der Waals surface area (Å²) in [5.41, 5.74) is 2.57. The number of nitrogens with one attached hydrogen (secondary N) is 1. The van der Waals surface area contributed by atoms with Crippen molar-refractivity contribution < 1.29 is 22.4 Å². The van der Waals surface area contributed by atoms with Gasteiger partial charge in [0.05, 0.1) is 17.4 Å². The van der Waals surface area contributed by atoms with Crippen molar-refractivity contribution in [1.29, 1.82) is 0 Å². The van der Waals surface area contributed by atoms with E-state index in [4.69, 9.17) is 9.15 Å². The Morgan fingerprint density at radius 3 is 2.40 bits per heavy atom. The van der Waals surface area contributed by atoms with E-state index in [1.165, 1.54) is 19.2 Å². The Kier molecular flexibility index (Phi) is 5.05. The van der Waals surface area contributed by atoms with Gasteiger partial charge in [-0.3, -0.25) is 4.79 Å². The van der Waals surface area contributed by atoms with E-state index in [0.29, 0.717) is 22.3 Å². The monoisotopic (exact) mass is 421 g/mol. The van der Waals surface area contributed by atoms with Crippen LogP contribution in [0.4, 0.5) is 0 Å². The summed E-state index contributed by atoms with van der Waals surface area (Å²) in [6, 6.07) is 20.7. The van der Waals surface area contributed by atoms with Crippen LogP contribution in [0.25, 0.3) is 22.1 Å². The summed E-state index contributed by atoms with van der Waals surface area (Å²) in [6.07, 6.45) is 0. The molecule has 0 aliphatic heterocycles. The second kappa shape index (κ2) is 7.68. The minimum atomic E-state index is -4.14. The Morgan fingerprint density at radius 1 is 0.967 bits per heavy atom. The van der Waals surface area contributed by atoms with Gasteiger partial charge in [0.15, 0.2) is 5.76 Å². The molecule has 0 aliphatic carbocycles. The van der Waals surface area contributed by atoms with Crippen molar-refractivity contribution in [3.8, 4) is 16.9 Å². The van der Waals surface area contributed by atoms with Gasteiger partial charge in [-0.15, -0.1) is 0 Å². The molecule has 0 unspecified atom stereocenters. The average molecular weight is 421 g/mol. The van der Waals surface area contributed by atoms with Gasteiger partial charge < -0.3 is 9.15 Å². The van der Waals surface area contributed by atoms with E-state index in [2.05, 4.69) is 4.72 Å². The van der Waals surface area contributed by atoms with Crippen LogP contribution in [-0.4, -0.2) is 21.4 Å². The number of fused-ring (bicyclic) bond motifs is 1. The molecule has 1 heterocycles. The first kappa shape index (κ1) is 19.7. The fourth-order valence-electron chi connectivity index (χ4n) is 3.30. The molecule has 1 amide bonds. The highest BCUT2D eigenvalue weighted by Crippen LogP contribution is 2.31. The van der Waals surface area contributed by atoms with E-state index in [9.17, 15) is 13.2 Å². The highest BCUT2D eigenvalue weighted by atomic mass is 32.2. The van der Waals surface area contributed by atoms with Crippen molar-refractivity contribution >= 4 is 26.9 Å². The first-order valence-corrected chi connectivity index (χ1v) is 10.7. The number of hydrogen-bond donors (Lipinski definition) is 1. The Bertz CT molecular complexity index is 1340. The smallest absolute Gasteiger partial charge is 0.300 e. The Morgan fingerprint density at radius 2 is 1.67 bits per heavy atom. The van der Waals surface area contributed by atoms with Crippen molar-refractivity contribution in [2.45, 2.75) is 11.8 Å². The van der Waals surface area contributed by atoms with Crippen LogP contribution in [0, 0.1) is 6.92 Å². The molecule has 3 aromatic carbocycles. The number of furan rings is 1. The number of rotatable bonds is 5. The number of ether oxygens (including phenoxy) is 1. The molecule has 0 atom stereocenters. The Balaban J connectivity index is 1.70. The molecule has 30 heavy (non-hydrogen) atoms. The lowest BCUT2D eigenvalue weighted by atomic mass is 10.1. The highest BCUT2D eigenvalue weighted by molar-refractivity contribution is 7.90. The van der Waals surface area contributed by atoms with Crippen LogP contribution >= 0.6 is 0 Å². The lowest BCUT2D eigenvalue weighted by molar-refractivity contribution is 0.0956. The number of benzene rings is 3. The van der Waals surface area contributed by atoms with E-state index >= 15 is 0 Å². The summed E-state index contributed by atoms with van der Waals surface area (Å²) in [5, 5.41) is 0.593. The number of hydrogen-bond acceptors (Lipinski definition) is 5. The van der Waals surface area contributed by atoms with Gasteiger partial charge >= 0.3 is 5.91 Å². The third-order valence-corrected chi connectivity index (χ3v) is 6.07. The molecule has 0 saturated heterocycles. The van der Waals surface area contributed by atoms with Gasteiger partial charge in [-0.05, 0) is 36.2 Å². The topological polar surface area (TPSA) is 85.6 Å². The molecule has 0 spiro atoms. The van der Waals surface area contributed by atoms with Crippen LogP contribution < -0.4 is 9.46 Å². The van der Waals surface area contributed by atoms with Crippen LogP contribution in [0.2, 0.25) is 0 Å². The lowest BCUT2D eigenvalue weighted by Gasteiger charge is -2.11. The normalized spacial score (nSPS) is 11.4. The number of sulfonamides is 1. The molecule has 1 N–H and O–H groups in total. The number of carbonyl (C=O) groups is 1. The van der Waals surface area contributed by atoms with Gasteiger partial charge in [0.1, 0.15) is 11.3 Å². The maximum Gasteiger partial charge on any atom is 0.300 e. The molecular formula is C23H19NO5S. The Hall–Kier alpha value is -3.58. The summed E-state index contributed by atoms with van der Waals surface area (Å²) in [5.74, 6) is -0.423. The van der Waals surface area contributed by atoms with Crippen molar-refractivity contribution in [2.75, 3.05) is 7.11 Å². The van der Waals surface area contributed by atoms with E-state index in [-0.39, 0.29) is 10.7 Å². The fraction of sp³-hybridized carbons (Fsp3) is 0.0870. The molecule has 0 bridgehead atoms. The summed E-state index contributed by atoms with van der Waals surface area (Å²) in [4.78, 5) is 12.7. The molecule has 6 nitrogen and oxygen atoms in total. The van der Waals surface area contributed by atoms with Gasteiger partial charge in [0.2, 0.25) is 0 Å². The predicted molar refractivity (Wildman–Crippen MR) is 114 cm³/mol. The maximum atomic E-state index is 13.0. The molecule has 4 rings (SSSR count). The van der Waals surface area contributed by atoms with Crippen molar-refractivity contribution in [2.24, 2.45) is 0 Å². The molecule has 4 aromatic rings. The second-order valence-electron chi connectivity index (χ2n) is 6.79. The minimum Gasteiger partial charge on any atom is -0.496 e. The SMILES string of the molecule is COc1cc(C)cc2oc(C(=O)NS(=O)(=O)c3ccccc3-c3ccccc3)cc12. The van der Waals surface area contributed by atoms with Crippen LogP contribution in [0.5, 0.6) is 5.75 Å². The van der Waals surface area contributed by atoms with E-state index in [1.54, 1.807) is 24.3 Å². The lowest BCUT2D eigenvalue weighted by Crippen LogP contribution is -2.30. The molecule has 152 valence electrons. The molecular weight excluding hydrogens is 402 g/mol. The van der Waals surface area contributed by atoms with E-state index in [1.807, 2.05) is 43.3 Å². The largest absolute Gasteiger partial charge is 0.496 e. The number of methoxy groups -OCH3 is 1. The zero-order valence-electron chi connectivity index (χ0n) is 16.4. The molecule has 1 aromatic heterocycles. The molecule has 0 aliphatic rings. The standard InChI is InChI=1S/C23H19NO5S/c1-15-12-19(28-2)18-14-21(29-20(18)13-15)23(25)24-30(26,27)22-11-7-6-10-17(22)16-8-4-3-5-9-16/h3-14H,1-2H3,(H,24,25). The number of aryl methyl sites for hydroxylation is 1. The highest BCUT2D eigenvalue weighted by Gasteiger charge is 2.24. The predicted octanol–water partition coefficient (Wildman–Crippen LogP) is 4.54. The molecule has 7 heteroatoms. The Labute approximate surface area is 174 Å². The van der Waals surface area contributed by atoms with E-state index < -0.39 is 15.9 Å². The van der Waals surface area contributed by atoms with Crippen molar-refractivity contribution in [3.63, 3.8) is 0 Å². The quantitative estimate of drug-likeness (QED) is 0.511. The molecule has 0 saturated carbocycles. The van der Waals surface area contributed by atoms with Gasteiger partial charge in [0.25, 0.3) is 10.0 Å². The molecule has 0 fully saturated rings. The zero-order valence-corrected chi connectivity index (χ0v) is 17.2. The third-order valence-electron chi connectivity index (χ3n) is 4.68. The average Bonchev–Trinajstić information content (AvgIpc) is 3.17. The summed E-state index contributed by atoms with van der Waals surface area (Å²) >= 11 is 0. The third kappa shape index (κ3) is 3.67. The summed E-state index contributed by atoms with van der Waals surface area (Å²) in [7, 11) is -2.62. The van der Waals surface area contributed by atoms with E-state index in [0.717, 1.165) is 11.1 Å². The minimum absolute atomic E-state index is 0.00841.